The highest BCUT2D eigenvalue weighted by molar-refractivity contribution is 5.94. The van der Waals surface area contributed by atoms with Gasteiger partial charge in [-0.1, -0.05) is 0 Å². The van der Waals surface area contributed by atoms with E-state index >= 15 is 0 Å². The van der Waals surface area contributed by atoms with Crippen LogP contribution in [0.15, 0.2) is 30.9 Å². The number of hydrogen-bond acceptors (Lipinski definition) is 4. The van der Waals surface area contributed by atoms with Crippen LogP contribution in [0.5, 0.6) is 5.75 Å². The first-order valence-electron chi connectivity index (χ1n) is 6.80. The molecule has 112 valence electrons. The maximum atomic E-state index is 12.4. The molecule has 2 heterocycles. The Morgan fingerprint density at radius 2 is 2.19 bits per heavy atom. The van der Waals surface area contributed by atoms with Crippen LogP contribution in [-0.4, -0.2) is 38.5 Å². The molecule has 0 aliphatic rings. The van der Waals surface area contributed by atoms with Crippen molar-refractivity contribution >= 4 is 5.91 Å². The average Bonchev–Trinajstić information content (AvgIpc) is 2.83. The second-order valence-electron chi connectivity index (χ2n) is 5.19. The lowest BCUT2D eigenvalue weighted by molar-refractivity contribution is 0.0779. The summed E-state index contributed by atoms with van der Waals surface area (Å²) < 4.78 is 7.45. The second kappa shape index (κ2) is 6.39. The van der Waals surface area contributed by atoms with Crippen molar-refractivity contribution in [3.05, 3.63) is 42.2 Å². The molecule has 0 radical (unpaired) electrons. The van der Waals surface area contributed by atoms with Gasteiger partial charge in [-0.25, -0.2) is 4.98 Å². The fraction of sp³-hybridized carbons (Fsp3) is 0.400. The van der Waals surface area contributed by atoms with Crippen molar-refractivity contribution in [3.63, 3.8) is 0 Å². The van der Waals surface area contributed by atoms with Crippen LogP contribution in [0.2, 0.25) is 0 Å². The van der Waals surface area contributed by atoms with Gasteiger partial charge < -0.3 is 14.2 Å². The van der Waals surface area contributed by atoms with Crippen molar-refractivity contribution in [3.8, 4) is 5.75 Å². The van der Waals surface area contributed by atoms with Gasteiger partial charge in [0, 0.05) is 32.7 Å². The third-order valence-electron chi connectivity index (χ3n) is 2.98. The minimum Gasteiger partial charge on any atom is -0.489 e. The van der Waals surface area contributed by atoms with Gasteiger partial charge >= 0.3 is 0 Å². The molecular formula is C15H20N4O2. The molecule has 2 rings (SSSR count). The van der Waals surface area contributed by atoms with Crippen molar-refractivity contribution in [1.82, 2.24) is 19.4 Å². The first-order valence-corrected chi connectivity index (χ1v) is 6.80. The Hall–Kier alpha value is -2.37. The van der Waals surface area contributed by atoms with Crippen LogP contribution in [0.25, 0.3) is 0 Å². The molecule has 0 atom stereocenters. The Morgan fingerprint density at radius 1 is 1.43 bits per heavy atom. The summed E-state index contributed by atoms with van der Waals surface area (Å²) in [4.78, 5) is 22.3. The summed E-state index contributed by atoms with van der Waals surface area (Å²) in [5.41, 5.74) is 0.504. The standard InChI is InChI=1S/C15H20N4O2/c1-11(2)21-13-7-12(8-16-9-13)15(20)19(4)10-14-17-5-6-18(14)3/h5-9,11H,10H2,1-4H3. The van der Waals surface area contributed by atoms with E-state index in [4.69, 9.17) is 4.74 Å². The normalized spacial score (nSPS) is 10.7. The smallest absolute Gasteiger partial charge is 0.255 e. The van der Waals surface area contributed by atoms with Crippen LogP contribution >= 0.6 is 0 Å². The van der Waals surface area contributed by atoms with Crippen molar-refractivity contribution in [2.45, 2.75) is 26.5 Å². The summed E-state index contributed by atoms with van der Waals surface area (Å²) >= 11 is 0. The first-order chi connectivity index (χ1) is 9.97. The molecule has 0 bridgehead atoms. The zero-order valence-electron chi connectivity index (χ0n) is 12.8. The summed E-state index contributed by atoms with van der Waals surface area (Å²) in [7, 11) is 3.65. The van der Waals surface area contributed by atoms with Gasteiger partial charge in [-0.2, -0.15) is 0 Å². The Kier molecular flexibility index (Phi) is 4.57. The van der Waals surface area contributed by atoms with Crippen molar-refractivity contribution in [2.75, 3.05) is 7.05 Å². The predicted octanol–water partition coefficient (Wildman–Crippen LogP) is 1.87. The molecule has 0 aliphatic carbocycles. The molecule has 6 heteroatoms. The average molecular weight is 288 g/mol. The van der Waals surface area contributed by atoms with Gasteiger partial charge in [-0.3, -0.25) is 9.78 Å². The van der Waals surface area contributed by atoms with E-state index < -0.39 is 0 Å². The minimum atomic E-state index is -0.111. The topological polar surface area (TPSA) is 60.2 Å². The Balaban J connectivity index is 2.10. The molecule has 6 nitrogen and oxygen atoms in total. The maximum absolute atomic E-state index is 12.4. The molecule has 21 heavy (non-hydrogen) atoms. The Morgan fingerprint density at radius 3 is 2.81 bits per heavy atom. The van der Waals surface area contributed by atoms with Gasteiger partial charge in [0.25, 0.3) is 5.91 Å². The molecule has 0 unspecified atom stereocenters. The van der Waals surface area contributed by atoms with Crippen molar-refractivity contribution in [2.24, 2.45) is 7.05 Å². The second-order valence-corrected chi connectivity index (χ2v) is 5.19. The van der Waals surface area contributed by atoms with Gasteiger partial charge in [0.1, 0.15) is 11.6 Å². The van der Waals surface area contributed by atoms with Gasteiger partial charge in [0.15, 0.2) is 0 Å². The number of hydrogen-bond donors (Lipinski definition) is 0. The SMILES string of the molecule is CC(C)Oc1cncc(C(=O)N(C)Cc2nccn2C)c1. The molecule has 1 amide bonds. The number of aryl methyl sites for hydroxylation is 1. The number of rotatable bonds is 5. The van der Waals surface area contributed by atoms with E-state index in [1.807, 2.05) is 31.7 Å². The van der Waals surface area contributed by atoms with E-state index in [0.29, 0.717) is 17.9 Å². The molecule has 0 fully saturated rings. The minimum absolute atomic E-state index is 0.0439. The van der Waals surface area contributed by atoms with Crippen LogP contribution < -0.4 is 4.74 Å². The highest BCUT2D eigenvalue weighted by atomic mass is 16.5. The number of aromatic nitrogens is 3. The zero-order valence-corrected chi connectivity index (χ0v) is 12.8. The lowest BCUT2D eigenvalue weighted by atomic mass is 10.2. The van der Waals surface area contributed by atoms with Crippen LogP contribution in [0, 0.1) is 0 Å². The summed E-state index contributed by atoms with van der Waals surface area (Å²) in [6, 6.07) is 1.71. The molecule has 0 aliphatic heterocycles. The first kappa shape index (κ1) is 15.0. The largest absolute Gasteiger partial charge is 0.489 e. The maximum Gasteiger partial charge on any atom is 0.255 e. The van der Waals surface area contributed by atoms with Crippen molar-refractivity contribution < 1.29 is 9.53 Å². The highest BCUT2D eigenvalue weighted by Crippen LogP contribution is 2.15. The quantitative estimate of drug-likeness (QED) is 0.842. The lowest BCUT2D eigenvalue weighted by Gasteiger charge is -2.17. The van der Waals surface area contributed by atoms with Gasteiger partial charge in [0.05, 0.1) is 24.4 Å². The van der Waals surface area contributed by atoms with E-state index in [1.165, 1.54) is 0 Å². The summed E-state index contributed by atoms with van der Waals surface area (Å²) in [5.74, 6) is 1.31. The number of carbonyl (C=O) groups is 1. The Labute approximate surface area is 124 Å². The summed E-state index contributed by atoms with van der Waals surface area (Å²) in [6.07, 6.45) is 6.76. The number of pyridine rings is 1. The third-order valence-corrected chi connectivity index (χ3v) is 2.98. The molecule has 0 saturated heterocycles. The lowest BCUT2D eigenvalue weighted by Crippen LogP contribution is -2.27. The van der Waals surface area contributed by atoms with E-state index in [2.05, 4.69) is 9.97 Å². The van der Waals surface area contributed by atoms with E-state index in [1.54, 1.807) is 36.6 Å². The fourth-order valence-electron chi connectivity index (χ4n) is 1.93. The number of ether oxygens (including phenoxy) is 1. The fourth-order valence-corrected chi connectivity index (χ4v) is 1.93. The number of nitrogens with zero attached hydrogens (tertiary/aromatic N) is 4. The van der Waals surface area contributed by atoms with Crippen molar-refractivity contribution in [1.29, 1.82) is 0 Å². The molecule has 0 N–H and O–H groups in total. The van der Waals surface area contributed by atoms with Crippen LogP contribution in [0.1, 0.15) is 30.0 Å². The van der Waals surface area contributed by atoms with Crippen LogP contribution in [0.4, 0.5) is 0 Å². The summed E-state index contributed by atoms with van der Waals surface area (Å²) in [6.45, 7) is 4.31. The number of carbonyl (C=O) groups excluding carboxylic acids is 1. The van der Waals surface area contributed by atoms with Crippen LogP contribution in [0.3, 0.4) is 0 Å². The molecule has 2 aromatic rings. The third kappa shape index (κ3) is 3.81. The molecule has 0 spiro atoms. The predicted molar refractivity (Wildman–Crippen MR) is 79.0 cm³/mol. The van der Waals surface area contributed by atoms with Crippen LogP contribution in [-0.2, 0) is 13.6 Å². The van der Waals surface area contributed by atoms with Gasteiger partial charge in [-0.15, -0.1) is 0 Å². The molecular weight excluding hydrogens is 268 g/mol. The van der Waals surface area contributed by atoms with Gasteiger partial charge in [0.2, 0.25) is 0 Å². The van der Waals surface area contributed by atoms with E-state index in [-0.39, 0.29) is 12.0 Å². The number of amides is 1. The molecule has 2 aromatic heterocycles. The Bertz CT molecular complexity index is 622. The van der Waals surface area contributed by atoms with E-state index in [0.717, 1.165) is 5.82 Å². The molecule has 0 saturated carbocycles. The highest BCUT2D eigenvalue weighted by Gasteiger charge is 2.15. The van der Waals surface area contributed by atoms with Gasteiger partial charge in [-0.05, 0) is 19.9 Å². The molecule has 0 aromatic carbocycles. The van der Waals surface area contributed by atoms with E-state index in [9.17, 15) is 4.79 Å². The zero-order chi connectivity index (χ0) is 15.4. The monoisotopic (exact) mass is 288 g/mol. The summed E-state index contributed by atoms with van der Waals surface area (Å²) in [5, 5.41) is 0. The number of imidazole rings is 1.